The third kappa shape index (κ3) is 5.15. The van der Waals surface area contributed by atoms with Gasteiger partial charge in [0.2, 0.25) is 0 Å². The number of hydrogen-bond donors (Lipinski definition) is 1. The average Bonchev–Trinajstić information content (AvgIpc) is 3.17. The SMILES string of the molecule is C[C@@H]1[C@H](C)CCC[C@@H]1NC(=O)COC(=O)c1ccc(Cn2cncn2)cc1. The Kier molecular flexibility index (Phi) is 6.21. The van der Waals surface area contributed by atoms with Gasteiger partial charge in [-0.25, -0.2) is 14.5 Å². The normalized spacial score (nSPS) is 22.2. The summed E-state index contributed by atoms with van der Waals surface area (Å²) in [5, 5.41) is 7.05. The van der Waals surface area contributed by atoms with Crippen LogP contribution in [0.15, 0.2) is 36.9 Å². The smallest absolute Gasteiger partial charge is 0.338 e. The van der Waals surface area contributed by atoms with E-state index < -0.39 is 5.97 Å². The summed E-state index contributed by atoms with van der Waals surface area (Å²) in [6.45, 7) is 4.71. The second kappa shape index (κ2) is 8.79. The van der Waals surface area contributed by atoms with Gasteiger partial charge in [0.25, 0.3) is 5.91 Å². The van der Waals surface area contributed by atoms with E-state index in [-0.39, 0.29) is 18.6 Å². The average molecular weight is 370 g/mol. The predicted molar refractivity (Wildman–Crippen MR) is 100.0 cm³/mol. The Bertz CT molecular complexity index is 758. The molecule has 144 valence electrons. The number of carbonyl (C=O) groups is 2. The standard InChI is InChI=1S/C20H26N4O3/c1-14-4-3-5-18(15(14)2)23-19(25)11-27-20(26)17-8-6-16(7-9-17)10-24-13-21-12-22-24/h6-9,12-15,18H,3-5,10-11H2,1-2H3,(H,23,25)/t14-,15-,18+/m1/s1. The van der Waals surface area contributed by atoms with Crippen LogP contribution in [0.2, 0.25) is 0 Å². The van der Waals surface area contributed by atoms with Gasteiger partial charge >= 0.3 is 5.97 Å². The van der Waals surface area contributed by atoms with Crippen molar-refractivity contribution in [3.63, 3.8) is 0 Å². The van der Waals surface area contributed by atoms with E-state index in [0.29, 0.717) is 23.9 Å². The van der Waals surface area contributed by atoms with Crippen LogP contribution in [-0.2, 0) is 16.1 Å². The van der Waals surface area contributed by atoms with Gasteiger partial charge in [0.15, 0.2) is 6.61 Å². The molecule has 1 N–H and O–H groups in total. The van der Waals surface area contributed by atoms with Crippen molar-refractivity contribution in [2.75, 3.05) is 6.61 Å². The maximum Gasteiger partial charge on any atom is 0.338 e. The first-order valence-corrected chi connectivity index (χ1v) is 9.41. The number of esters is 1. The van der Waals surface area contributed by atoms with Crippen molar-refractivity contribution in [2.45, 2.75) is 45.7 Å². The van der Waals surface area contributed by atoms with Gasteiger partial charge in [0, 0.05) is 6.04 Å². The molecule has 1 fully saturated rings. The summed E-state index contributed by atoms with van der Waals surface area (Å²) in [4.78, 5) is 28.2. The van der Waals surface area contributed by atoms with Crippen molar-refractivity contribution in [1.82, 2.24) is 20.1 Å². The van der Waals surface area contributed by atoms with Crippen LogP contribution in [0, 0.1) is 11.8 Å². The quantitative estimate of drug-likeness (QED) is 0.789. The molecule has 1 aromatic heterocycles. The summed E-state index contributed by atoms with van der Waals surface area (Å²) in [5.74, 6) is 0.304. The summed E-state index contributed by atoms with van der Waals surface area (Å²) < 4.78 is 6.86. The Morgan fingerprint density at radius 3 is 2.70 bits per heavy atom. The van der Waals surface area contributed by atoms with Gasteiger partial charge in [0.1, 0.15) is 12.7 Å². The lowest BCUT2D eigenvalue weighted by Gasteiger charge is -2.34. The largest absolute Gasteiger partial charge is 0.452 e. The number of benzene rings is 1. The highest BCUT2D eigenvalue weighted by Gasteiger charge is 2.28. The zero-order valence-electron chi connectivity index (χ0n) is 15.8. The molecule has 0 bridgehead atoms. The number of rotatable bonds is 6. The Balaban J connectivity index is 1.46. The molecule has 0 spiro atoms. The summed E-state index contributed by atoms with van der Waals surface area (Å²) in [6.07, 6.45) is 6.42. The molecular weight excluding hydrogens is 344 g/mol. The van der Waals surface area contributed by atoms with Crippen molar-refractivity contribution >= 4 is 11.9 Å². The maximum absolute atomic E-state index is 12.2. The zero-order valence-corrected chi connectivity index (χ0v) is 15.8. The van der Waals surface area contributed by atoms with Gasteiger partial charge in [-0.1, -0.05) is 38.8 Å². The Labute approximate surface area is 159 Å². The fourth-order valence-corrected chi connectivity index (χ4v) is 3.50. The fraction of sp³-hybridized carbons (Fsp3) is 0.500. The lowest BCUT2D eigenvalue weighted by Crippen LogP contribution is -2.45. The Morgan fingerprint density at radius 1 is 1.22 bits per heavy atom. The lowest BCUT2D eigenvalue weighted by atomic mass is 9.78. The molecule has 2 aromatic rings. The summed E-state index contributed by atoms with van der Waals surface area (Å²) in [5.41, 5.74) is 1.42. The number of nitrogens with one attached hydrogen (secondary N) is 1. The molecule has 1 aliphatic rings. The molecule has 1 aromatic carbocycles. The van der Waals surface area contributed by atoms with Crippen LogP contribution >= 0.6 is 0 Å². The lowest BCUT2D eigenvalue weighted by molar-refractivity contribution is -0.125. The molecule has 7 heteroatoms. The highest BCUT2D eigenvalue weighted by molar-refractivity contribution is 5.91. The highest BCUT2D eigenvalue weighted by Crippen LogP contribution is 2.29. The second-order valence-corrected chi connectivity index (χ2v) is 7.31. The van der Waals surface area contributed by atoms with Gasteiger partial charge in [0.05, 0.1) is 12.1 Å². The number of nitrogens with zero attached hydrogens (tertiary/aromatic N) is 3. The van der Waals surface area contributed by atoms with Crippen molar-refractivity contribution in [1.29, 1.82) is 0 Å². The van der Waals surface area contributed by atoms with Crippen molar-refractivity contribution < 1.29 is 14.3 Å². The van der Waals surface area contributed by atoms with Crippen LogP contribution < -0.4 is 5.32 Å². The summed E-state index contributed by atoms with van der Waals surface area (Å²) >= 11 is 0. The first-order valence-electron chi connectivity index (χ1n) is 9.41. The predicted octanol–water partition coefficient (Wildman–Crippen LogP) is 2.42. The van der Waals surface area contributed by atoms with Crippen LogP contribution in [-0.4, -0.2) is 39.3 Å². The first-order chi connectivity index (χ1) is 13.0. The van der Waals surface area contributed by atoms with Gasteiger partial charge in [-0.3, -0.25) is 4.79 Å². The van der Waals surface area contributed by atoms with Gasteiger partial charge in [-0.05, 0) is 36.0 Å². The van der Waals surface area contributed by atoms with E-state index in [4.69, 9.17) is 4.74 Å². The number of carbonyl (C=O) groups excluding carboxylic acids is 2. The number of hydrogen-bond acceptors (Lipinski definition) is 5. The molecule has 1 amide bonds. The fourth-order valence-electron chi connectivity index (χ4n) is 3.50. The van der Waals surface area contributed by atoms with Gasteiger partial charge < -0.3 is 10.1 Å². The monoisotopic (exact) mass is 370 g/mol. The maximum atomic E-state index is 12.2. The van der Waals surface area contributed by atoms with Crippen molar-refractivity contribution in [2.24, 2.45) is 11.8 Å². The van der Waals surface area contributed by atoms with E-state index in [1.807, 2.05) is 12.1 Å². The van der Waals surface area contributed by atoms with Crippen molar-refractivity contribution in [3.05, 3.63) is 48.0 Å². The van der Waals surface area contributed by atoms with Crippen LogP contribution in [0.4, 0.5) is 0 Å². The Morgan fingerprint density at radius 2 is 2.00 bits per heavy atom. The molecule has 0 saturated heterocycles. The first kappa shape index (κ1) is 19.1. The molecule has 0 unspecified atom stereocenters. The minimum Gasteiger partial charge on any atom is -0.452 e. The second-order valence-electron chi connectivity index (χ2n) is 7.31. The van der Waals surface area contributed by atoms with E-state index in [2.05, 4.69) is 29.2 Å². The molecular formula is C20H26N4O3. The molecule has 27 heavy (non-hydrogen) atoms. The zero-order chi connectivity index (χ0) is 19.2. The number of ether oxygens (including phenoxy) is 1. The Hall–Kier alpha value is -2.70. The third-order valence-electron chi connectivity index (χ3n) is 5.39. The molecule has 3 atom stereocenters. The molecule has 0 radical (unpaired) electrons. The highest BCUT2D eigenvalue weighted by atomic mass is 16.5. The van der Waals surface area contributed by atoms with Crippen LogP contribution in [0.5, 0.6) is 0 Å². The van der Waals surface area contributed by atoms with E-state index in [9.17, 15) is 9.59 Å². The summed E-state index contributed by atoms with van der Waals surface area (Å²) in [7, 11) is 0. The minimum atomic E-state index is -0.498. The summed E-state index contributed by atoms with van der Waals surface area (Å²) in [6, 6.07) is 7.22. The van der Waals surface area contributed by atoms with E-state index in [1.54, 1.807) is 23.1 Å². The van der Waals surface area contributed by atoms with E-state index in [0.717, 1.165) is 18.4 Å². The van der Waals surface area contributed by atoms with Crippen LogP contribution in [0.1, 0.15) is 49.0 Å². The topological polar surface area (TPSA) is 86.1 Å². The number of amides is 1. The molecule has 1 saturated carbocycles. The third-order valence-corrected chi connectivity index (χ3v) is 5.39. The molecule has 3 rings (SSSR count). The van der Waals surface area contributed by atoms with E-state index in [1.165, 1.54) is 12.7 Å². The molecule has 0 aliphatic heterocycles. The van der Waals surface area contributed by atoms with Crippen LogP contribution in [0.3, 0.4) is 0 Å². The molecule has 1 heterocycles. The van der Waals surface area contributed by atoms with Gasteiger partial charge in [-0.2, -0.15) is 5.10 Å². The minimum absolute atomic E-state index is 0.163. The number of aromatic nitrogens is 3. The van der Waals surface area contributed by atoms with E-state index >= 15 is 0 Å². The molecule has 7 nitrogen and oxygen atoms in total. The molecule has 1 aliphatic carbocycles. The van der Waals surface area contributed by atoms with Crippen molar-refractivity contribution in [3.8, 4) is 0 Å². The van der Waals surface area contributed by atoms with Gasteiger partial charge in [-0.15, -0.1) is 0 Å². The van der Waals surface area contributed by atoms with Crippen LogP contribution in [0.25, 0.3) is 0 Å².